The van der Waals surface area contributed by atoms with Gasteiger partial charge >= 0.3 is 5.97 Å². The Balaban J connectivity index is 1.22. The van der Waals surface area contributed by atoms with Gasteiger partial charge in [0.2, 0.25) is 5.91 Å². The number of nitrogens with one attached hydrogen (secondary N) is 1. The second-order valence-electron chi connectivity index (χ2n) is 7.76. The quantitative estimate of drug-likeness (QED) is 0.696. The van der Waals surface area contributed by atoms with Gasteiger partial charge in [-0.15, -0.1) is 0 Å². The van der Waals surface area contributed by atoms with Gasteiger partial charge in [-0.3, -0.25) is 9.59 Å². The van der Waals surface area contributed by atoms with Crippen LogP contribution in [0.5, 0.6) is 0 Å². The van der Waals surface area contributed by atoms with Gasteiger partial charge < -0.3 is 19.9 Å². The Morgan fingerprint density at radius 2 is 1.71 bits per heavy atom. The van der Waals surface area contributed by atoms with Gasteiger partial charge in [-0.05, 0) is 55.3 Å². The third-order valence-corrected chi connectivity index (χ3v) is 5.70. The van der Waals surface area contributed by atoms with E-state index in [1.54, 1.807) is 29.2 Å². The summed E-state index contributed by atoms with van der Waals surface area (Å²) in [5.41, 5.74) is 2.01. The predicted molar refractivity (Wildman–Crippen MR) is 118 cm³/mol. The molecule has 2 amide bonds. The van der Waals surface area contributed by atoms with Crippen LogP contribution < -0.4 is 10.2 Å². The van der Waals surface area contributed by atoms with E-state index in [2.05, 4.69) is 10.2 Å². The van der Waals surface area contributed by atoms with Crippen LogP contribution in [0.4, 0.5) is 11.4 Å². The van der Waals surface area contributed by atoms with E-state index in [0.717, 1.165) is 18.5 Å². The van der Waals surface area contributed by atoms with Crippen molar-refractivity contribution in [1.82, 2.24) is 4.90 Å². The van der Waals surface area contributed by atoms with E-state index in [4.69, 9.17) is 16.3 Å². The first kappa shape index (κ1) is 21.2. The van der Waals surface area contributed by atoms with Crippen LogP contribution in [0.3, 0.4) is 0 Å². The maximum atomic E-state index is 12.4. The van der Waals surface area contributed by atoms with Crippen LogP contribution in [0.25, 0.3) is 0 Å². The van der Waals surface area contributed by atoms with Crippen molar-refractivity contribution in [2.75, 3.05) is 43.0 Å². The number of hydrogen-bond acceptors (Lipinski definition) is 5. The zero-order valence-corrected chi connectivity index (χ0v) is 17.8. The van der Waals surface area contributed by atoms with Crippen LogP contribution in [0, 0.1) is 5.92 Å². The van der Waals surface area contributed by atoms with Crippen molar-refractivity contribution in [3.05, 3.63) is 59.1 Å². The molecule has 0 radical (unpaired) electrons. The van der Waals surface area contributed by atoms with Crippen molar-refractivity contribution >= 4 is 40.8 Å². The molecule has 4 rings (SSSR count). The smallest absolute Gasteiger partial charge is 0.338 e. The Bertz CT molecular complexity index is 967. The fourth-order valence-electron chi connectivity index (χ4n) is 3.47. The van der Waals surface area contributed by atoms with E-state index in [-0.39, 0.29) is 24.3 Å². The van der Waals surface area contributed by atoms with Gasteiger partial charge in [0.25, 0.3) is 5.91 Å². The SMILES string of the molecule is O=C(OCC(=O)N1CCN(c2cccc(Cl)c2)CC1)c1ccc(NC(=O)C2CC2)cc1. The highest BCUT2D eigenvalue weighted by Crippen LogP contribution is 2.30. The predicted octanol–water partition coefficient (Wildman–Crippen LogP) is 3.19. The molecule has 1 aliphatic heterocycles. The first-order valence-corrected chi connectivity index (χ1v) is 10.7. The lowest BCUT2D eigenvalue weighted by Crippen LogP contribution is -2.49. The van der Waals surface area contributed by atoms with E-state index < -0.39 is 5.97 Å². The molecule has 2 aromatic rings. The minimum atomic E-state index is -0.564. The van der Waals surface area contributed by atoms with Crippen molar-refractivity contribution in [3.63, 3.8) is 0 Å². The number of anilines is 2. The van der Waals surface area contributed by atoms with Crippen LogP contribution in [0.1, 0.15) is 23.2 Å². The first-order valence-electron chi connectivity index (χ1n) is 10.4. The van der Waals surface area contributed by atoms with Gasteiger partial charge in [0.1, 0.15) is 0 Å². The van der Waals surface area contributed by atoms with E-state index in [0.29, 0.717) is 42.5 Å². The fourth-order valence-corrected chi connectivity index (χ4v) is 3.65. The number of carbonyl (C=O) groups excluding carboxylic acids is 3. The zero-order chi connectivity index (χ0) is 21.8. The van der Waals surface area contributed by atoms with Gasteiger partial charge in [0.15, 0.2) is 6.61 Å². The number of hydrogen-bond donors (Lipinski definition) is 1. The molecule has 1 aliphatic carbocycles. The number of nitrogens with zero attached hydrogens (tertiary/aromatic N) is 2. The number of amides is 2. The molecule has 162 valence electrons. The average Bonchev–Trinajstić information content (AvgIpc) is 3.63. The normalized spacial score (nSPS) is 16.0. The number of halogens is 1. The van der Waals surface area contributed by atoms with Gasteiger partial charge in [-0.25, -0.2) is 4.79 Å². The molecule has 7 nitrogen and oxygen atoms in total. The molecular weight excluding hydrogens is 418 g/mol. The minimum absolute atomic E-state index is 0.0105. The van der Waals surface area contributed by atoms with Gasteiger partial charge in [0, 0.05) is 48.5 Å². The lowest BCUT2D eigenvalue weighted by atomic mass is 10.2. The number of ether oxygens (including phenoxy) is 1. The first-order chi connectivity index (χ1) is 15.0. The summed E-state index contributed by atoms with van der Waals surface area (Å²) in [7, 11) is 0. The zero-order valence-electron chi connectivity index (χ0n) is 17.1. The Kier molecular flexibility index (Phi) is 6.42. The highest BCUT2D eigenvalue weighted by atomic mass is 35.5. The highest BCUT2D eigenvalue weighted by Gasteiger charge is 2.29. The standard InChI is InChI=1S/C23H24ClN3O4/c24-18-2-1-3-20(14-18)26-10-12-27(13-11-26)21(28)15-31-23(30)17-6-8-19(9-7-17)25-22(29)16-4-5-16/h1-3,6-9,14,16H,4-5,10-13,15H2,(H,25,29). The monoisotopic (exact) mass is 441 g/mol. The Hall–Kier alpha value is -3.06. The molecule has 0 spiro atoms. The van der Waals surface area contributed by atoms with E-state index in [9.17, 15) is 14.4 Å². The second-order valence-corrected chi connectivity index (χ2v) is 8.20. The summed E-state index contributed by atoms with van der Waals surface area (Å²) >= 11 is 6.05. The summed E-state index contributed by atoms with van der Waals surface area (Å²) in [6, 6.07) is 14.1. The molecule has 0 aromatic heterocycles. The molecule has 31 heavy (non-hydrogen) atoms. The Morgan fingerprint density at radius 1 is 1.00 bits per heavy atom. The summed E-state index contributed by atoms with van der Waals surface area (Å²) in [6.45, 7) is 2.19. The van der Waals surface area contributed by atoms with Crippen molar-refractivity contribution < 1.29 is 19.1 Å². The number of benzene rings is 2. The van der Waals surface area contributed by atoms with E-state index in [1.807, 2.05) is 24.3 Å². The summed E-state index contributed by atoms with van der Waals surface area (Å²) in [6.07, 6.45) is 1.86. The number of piperazine rings is 1. The summed E-state index contributed by atoms with van der Waals surface area (Å²) in [5, 5.41) is 3.50. The maximum Gasteiger partial charge on any atom is 0.338 e. The summed E-state index contributed by atoms with van der Waals surface area (Å²) in [5.74, 6) is -0.655. The van der Waals surface area contributed by atoms with Crippen molar-refractivity contribution in [2.45, 2.75) is 12.8 Å². The minimum Gasteiger partial charge on any atom is -0.452 e. The van der Waals surface area contributed by atoms with Crippen molar-refractivity contribution in [2.24, 2.45) is 5.92 Å². The summed E-state index contributed by atoms with van der Waals surface area (Å²) < 4.78 is 5.19. The molecule has 1 heterocycles. The number of rotatable bonds is 6. The molecule has 1 saturated heterocycles. The van der Waals surface area contributed by atoms with Crippen molar-refractivity contribution in [3.8, 4) is 0 Å². The lowest BCUT2D eigenvalue weighted by Gasteiger charge is -2.36. The highest BCUT2D eigenvalue weighted by molar-refractivity contribution is 6.30. The molecule has 1 N–H and O–H groups in total. The Labute approximate surface area is 185 Å². The number of carbonyl (C=O) groups is 3. The molecule has 2 aliphatic rings. The van der Waals surface area contributed by atoms with E-state index in [1.165, 1.54) is 0 Å². The van der Waals surface area contributed by atoms with Crippen LogP contribution in [0.2, 0.25) is 5.02 Å². The maximum absolute atomic E-state index is 12.4. The molecule has 8 heteroatoms. The Morgan fingerprint density at radius 3 is 2.35 bits per heavy atom. The third kappa shape index (κ3) is 5.55. The van der Waals surface area contributed by atoms with Crippen LogP contribution in [-0.2, 0) is 14.3 Å². The average molecular weight is 442 g/mol. The molecular formula is C23H24ClN3O4. The van der Waals surface area contributed by atoms with Crippen molar-refractivity contribution in [1.29, 1.82) is 0 Å². The molecule has 1 saturated carbocycles. The third-order valence-electron chi connectivity index (χ3n) is 5.47. The lowest BCUT2D eigenvalue weighted by molar-refractivity contribution is -0.134. The number of esters is 1. The molecule has 2 fully saturated rings. The van der Waals surface area contributed by atoms with Crippen LogP contribution >= 0.6 is 11.6 Å². The van der Waals surface area contributed by atoms with Gasteiger partial charge in [-0.1, -0.05) is 17.7 Å². The van der Waals surface area contributed by atoms with Gasteiger partial charge in [-0.2, -0.15) is 0 Å². The molecule has 0 unspecified atom stereocenters. The largest absolute Gasteiger partial charge is 0.452 e. The molecule has 0 atom stereocenters. The molecule has 0 bridgehead atoms. The van der Waals surface area contributed by atoms with E-state index >= 15 is 0 Å². The van der Waals surface area contributed by atoms with Gasteiger partial charge in [0.05, 0.1) is 5.56 Å². The van der Waals surface area contributed by atoms with Crippen LogP contribution in [-0.4, -0.2) is 55.5 Å². The van der Waals surface area contributed by atoms with Crippen LogP contribution in [0.15, 0.2) is 48.5 Å². The molecule has 2 aromatic carbocycles. The summed E-state index contributed by atoms with van der Waals surface area (Å²) in [4.78, 5) is 40.3. The topological polar surface area (TPSA) is 79.0 Å². The second kappa shape index (κ2) is 9.39. The fraction of sp³-hybridized carbons (Fsp3) is 0.348.